The normalized spacial score (nSPS) is 15.1. The number of sulfonamides is 1. The molecule has 10 heteroatoms. The van der Waals surface area contributed by atoms with Crippen LogP contribution in [0.5, 0.6) is 0 Å². The van der Waals surface area contributed by atoms with E-state index in [1.54, 1.807) is 59.7 Å². The van der Waals surface area contributed by atoms with Crippen LogP contribution in [-0.4, -0.2) is 59.5 Å². The molecular weight excluding hydrogens is 406 g/mol. The molecule has 3 heterocycles. The Bertz CT molecular complexity index is 1110. The van der Waals surface area contributed by atoms with Crippen molar-refractivity contribution in [1.29, 1.82) is 0 Å². The number of amides is 1. The summed E-state index contributed by atoms with van der Waals surface area (Å²) in [7, 11) is -3.65. The molecule has 3 aromatic rings. The SMILES string of the molecule is O=C(NCc1ccccc1S(=O)(=O)N1CCOCC1)c1ccc(-n2ccnc2)nc1. The molecule has 0 aliphatic carbocycles. The van der Waals surface area contributed by atoms with Gasteiger partial charge in [0.2, 0.25) is 10.0 Å². The fourth-order valence-electron chi connectivity index (χ4n) is 3.17. The summed E-state index contributed by atoms with van der Waals surface area (Å²) >= 11 is 0. The van der Waals surface area contributed by atoms with E-state index >= 15 is 0 Å². The Morgan fingerprint density at radius 2 is 1.93 bits per heavy atom. The minimum atomic E-state index is -3.65. The molecule has 4 rings (SSSR count). The van der Waals surface area contributed by atoms with Crippen LogP contribution in [0.4, 0.5) is 0 Å². The van der Waals surface area contributed by atoms with E-state index in [4.69, 9.17) is 4.74 Å². The number of carbonyl (C=O) groups is 1. The summed E-state index contributed by atoms with van der Waals surface area (Å²) < 4.78 is 34.4. The lowest BCUT2D eigenvalue weighted by Gasteiger charge is -2.27. The Labute approximate surface area is 174 Å². The Morgan fingerprint density at radius 1 is 1.13 bits per heavy atom. The molecule has 0 atom stereocenters. The third kappa shape index (κ3) is 4.25. The molecular formula is C20H21N5O4S. The molecule has 156 valence electrons. The average molecular weight is 427 g/mol. The van der Waals surface area contributed by atoms with Crippen LogP contribution in [0.25, 0.3) is 5.82 Å². The molecule has 1 aliphatic rings. The van der Waals surface area contributed by atoms with E-state index in [2.05, 4.69) is 15.3 Å². The molecule has 0 spiro atoms. The summed E-state index contributed by atoms with van der Waals surface area (Å²) in [6, 6.07) is 10.1. The lowest BCUT2D eigenvalue weighted by Crippen LogP contribution is -2.41. The lowest BCUT2D eigenvalue weighted by atomic mass is 10.2. The number of imidazole rings is 1. The van der Waals surface area contributed by atoms with E-state index in [-0.39, 0.29) is 17.3 Å². The van der Waals surface area contributed by atoms with Crippen molar-refractivity contribution in [3.05, 3.63) is 72.4 Å². The van der Waals surface area contributed by atoms with E-state index < -0.39 is 10.0 Å². The predicted octanol–water partition coefficient (Wildman–Crippen LogP) is 1.22. The Morgan fingerprint density at radius 3 is 2.63 bits per heavy atom. The van der Waals surface area contributed by atoms with Gasteiger partial charge in [0.1, 0.15) is 12.1 Å². The van der Waals surface area contributed by atoms with Gasteiger partial charge in [-0.25, -0.2) is 18.4 Å². The number of carbonyl (C=O) groups excluding carboxylic acids is 1. The number of hydrogen-bond acceptors (Lipinski definition) is 6. The van der Waals surface area contributed by atoms with Gasteiger partial charge in [-0.1, -0.05) is 18.2 Å². The van der Waals surface area contributed by atoms with E-state index in [1.807, 2.05) is 0 Å². The molecule has 1 N–H and O–H groups in total. The van der Waals surface area contributed by atoms with Crippen molar-refractivity contribution >= 4 is 15.9 Å². The topological polar surface area (TPSA) is 106 Å². The molecule has 0 bridgehead atoms. The molecule has 1 amide bonds. The minimum absolute atomic E-state index is 0.0852. The Balaban J connectivity index is 1.47. The maximum Gasteiger partial charge on any atom is 0.253 e. The molecule has 2 aromatic heterocycles. The summed E-state index contributed by atoms with van der Waals surface area (Å²) in [6.07, 6.45) is 6.49. The number of nitrogens with zero attached hydrogens (tertiary/aromatic N) is 4. The van der Waals surface area contributed by atoms with Gasteiger partial charge in [-0.2, -0.15) is 4.31 Å². The molecule has 0 saturated carbocycles. The molecule has 30 heavy (non-hydrogen) atoms. The summed E-state index contributed by atoms with van der Waals surface area (Å²) in [5.74, 6) is 0.309. The van der Waals surface area contributed by atoms with E-state index in [1.165, 1.54) is 10.5 Å². The number of pyridine rings is 1. The second-order valence-corrected chi connectivity index (χ2v) is 8.59. The van der Waals surface area contributed by atoms with Crippen molar-refractivity contribution in [2.45, 2.75) is 11.4 Å². The van der Waals surface area contributed by atoms with Gasteiger partial charge in [-0.05, 0) is 23.8 Å². The van der Waals surface area contributed by atoms with Gasteiger partial charge in [0, 0.05) is 38.2 Å². The first-order valence-corrected chi connectivity index (χ1v) is 10.9. The van der Waals surface area contributed by atoms with Gasteiger partial charge in [0.25, 0.3) is 5.91 Å². The third-order valence-corrected chi connectivity index (χ3v) is 6.78. The number of ether oxygens (including phenoxy) is 1. The standard InChI is InChI=1S/C20H21N5O4S/c26-20(17-5-6-19(22-14-17)24-8-7-21-15-24)23-13-16-3-1-2-4-18(16)30(27,28)25-9-11-29-12-10-25/h1-8,14-15H,9-13H2,(H,23,26). The smallest absolute Gasteiger partial charge is 0.253 e. The van der Waals surface area contributed by atoms with Gasteiger partial charge < -0.3 is 10.1 Å². The van der Waals surface area contributed by atoms with Crippen molar-refractivity contribution in [1.82, 2.24) is 24.2 Å². The molecule has 1 saturated heterocycles. The maximum absolute atomic E-state index is 13.0. The highest BCUT2D eigenvalue weighted by Gasteiger charge is 2.28. The van der Waals surface area contributed by atoms with E-state index in [9.17, 15) is 13.2 Å². The van der Waals surface area contributed by atoms with Crippen LogP contribution in [0.15, 0.2) is 66.2 Å². The first-order chi connectivity index (χ1) is 14.6. The zero-order valence-corrected chi connectivity index (χ0v) is 17.0. The van der Waals surface area contributed by atoms with Gasteiger partial charge in [-0.3, -0.25) is 9.36 Å². The number of nitrogens with one attached hydrogen (secondary N) is 1. The zero-order chi connectivity index (χ0) is 21.0. The first-order valence-electron chi connectivity index (χ1n) is 9.44. The van der Waals surface area contributed by atoms with Gasteiger partial charge in [-0.15, -0.1) is 0 Å². The largest absolute Gasteiger partial charge is 0.379 e. The molecule has 0 radical (unpaired) electrons. The average Bonchev–Trinajstić information content (AvgIpc) is 3.33. The fourth-order valence-corrected chi connectivity index (χ4v) is 4.80. The van der Waals surface area contributed by atoms with Crippen molar-refractivity contribution in [3.63, 3.8) is 0 Å². The van der Waals surface area contributed by atoms with Crippen LogP contribution in [0.3, 0.4) is 0 Å². The molecule has 1 aliphatic heterocycles. The highest BCUT2D eigenvalue weighted by atomic mass is 32.2. The van der Waals surface area contributed by atoms with Crippen molar-refractivity contribution < 1.29 is 17.9 Å². The maximum atomic E-state index is 13.0. The van der Waals surface area contributed by atoms with Gasteiger partial charge >= 0.3 is 0 Å². The van der Waals surface area contributed by atoms with Gasteiger partial charge in [0.05, 0.1) is 23.7 Å². The number of morpholine rings is 1. The lowest BCUT2D eigenvalue weighted by molar-refractivity contribution is 0.0730. The van der Waals surface area contributed by atoms with E-state index in [0.29, 0.717) is 43.2 Å². The highest BCUT2D eigenvalue weighted by molar-refractivity contribution is 7.89. The first kappa shape index (κ1) is 20.2. The second kappa shape index (κ2) is 8.74. The van der Waals surface area contributed by atoms with Gasteiger partial charge in [0.15, 0.2) is 0 Å². The fraction of sp³-hybridized carbons (Fsp3) is 0.250. The molecule has 1 fully saturated rings. The van der Waals surface area contributed by atoms with Crippen LogP contribution in [0, 0.1) is 0 Å². The summed E-state index contributed by atoms with van der Waals surface area (Å²) in [5, 5.41) is 2.78. The second-order valence-electron chi connectivity index (χ2n) is 6.68. The van der Waals surface area contributed by atoms with Crippen LogP contribution < -0.4 is 5.32 Å². The molecule has 1 aromatic carbocycles. The van der Waals surface area contributed by atoms with E-state index in [0.717, 1.165) is 0 Å². The zero-order valence-electron chi connectivity index (χ0n) is 16.1. The monoisotopic (exact) mass is 427 g/mol. The van der Waals surface area contributed by atoms with Crippen molar-refractivity contribution in [3.8, 4) is 5.82 Å². The summed E-state index contributed by atoms with van der Waals surface area (Å²) in [4.78, 5) is 21.0. The van der Waals surface area contributed by atoms with Crippen LogP contribution in [0.2, 0.25) is 0 Å². The molecule has 9 nitrogen and oxygen atoms in total. The molecule has 0 unspecified atom stereocenters. The number of benzene rings is 1. The van der Waals surface area contributed by atoms with Crippen LogP contribution >= 0.6 is 0 Å². The highest BCUT2D eigenvalue weighted by Crippen LogP contribution is 2.21. The van der Waals surface area contributed by atoms with Crippen LogP contribution in [0.1, 0.15) is 15.9 Å². The number of hydrogen-bond donors (Lipinski definition) is 1. The number of aromatic nitrogens is 3. The summed E-state index contributed by atoms with van der Waals surface area (Å²) in [5.41, 5.74) is 0.910. The third-order valence-electron chi connectivity index (χ3n) is 4.78. The minimum Gasteiger partial charge on any atom is -0.379 e. The van der Waals surface area contributed by atoms with Crippen molar-refractivity contribution in [2.24, 2.45) is 0 Å². The van der Waals surface area contributed by atoms with Crippen LogP contribution in [-0.2, 0) is 21.3 Å². The number of rotatable bonds is 6. The Kier molecular flexibility index (Phi) is 5.88. The predicted molar refractivity (Wildman–Crippen MR) is 109 cm³/mol. The van der Waals surface area contributed by atoms with Crippen molar-refractivity contribution in [2.75, 3.05) is 26.3 Å². The Hall–Kier alpha value is -3.08. The quantitative estimate of drug-likeness (QED) is 0.634. The summed E-state index contributed by atoms with van der Waals surface area (Å²) in [6.45, 7) is 1.47.